The molecule has 5 nitrogen and oxygen atoms in total. The van der Waals surface area contributed by atoms with Crippen LogP contribution >= 0.6 is 0 Å². The molecule has 1 rings (SSSR count). The molecule has 0 bridgehead atoms. The molecule has 0 aliphatic carbocycles. The van der Waals surface area contributed by atoms with Crippen LogP contribution in [0.2, 0.25) is 0 Å². The summed E-state index contributed by atoms with van der Waals surface area (Å²) in [7, 11) is 0. The summed E-state index contributed by atoms with van der Waals surface area (Å²) >= 11 is 0. The zero-order valence-electron chi connectivity index (χ0n) is 10.6. The predicted molar refractivity (Wildman–Crippen MR) is 68.5 cm³/mol. The number of aryl methyl sites for hydroxylation is 1. The Labute approximate surface area is 106 Å². The zero-order chi connectivity index (χ0) is 13.5. The van der Waals surface area contributed by atoms with Gasteiger partial charge in [-0.2, -0.15) is 0 Å². The lowest BCUT2D eigenvalue weighted by atomic mass is 10.1. The van der Waals surface area contributed by atoms with Crippen molar-refractivity contribution in [1.82, 2.24) is 10.6 Å². The van der Waals surface area contributed by atoms with Crippen LogP contribution in [0.1, 0.15) is 18.1 Å². The van der Waals surface area contributed by atoms with Crippen molar-refractivity contribution < 1.29 is 14.7 Å². The van der Waals surface area contributed by atoms with E-state index >= 15 is 0 Å². The number of benzene rings is 1. The largest absolute Gasteiger partial charge is 0.480 e. The summed E-state index contributed by atoms with van der Waals surface area (Å²) in [5, 5.41) is 13.6. The molecule has 0 saturated heterocycles. The Hall–Kier alpha value is -2.04. The standard InChI is InChI=1S/C13H18N2O3/c1-9-4-3-5-11(8-9)6-7-14-13(18)15-10(2)12(16)17/h3-5,8,10H,6-7H2,1-2H3,(H,16,17)(H2,14,15,18)/t10-/m1/s1. The molecule has 0 heterocycles. The first-order valence-corrected chi connectivity index (χ1v) is 5.82. The number of amides is 2. The summed E-state index contributed by atoms with van der Waals surface area (Å²) in [6.07, 6.45) is 0.719. The number of carbonyl (C=O) groups excluding carboxylic acids is 1. The summed E-state index contributed by atoms with van der Waals surface area (Å²) in [5.74, 6) is -1.05. The second kappa shape index (κ2) is 6.64. The van der Waals surface area contributed by atoms with Crippen LogP contribution in [0.4, 0.5) is 4.79 Å². The summed E-state index contributed by atoms with van der Waals surface area (Å²) in [4.78, 5) is 21.9. The number of rotatable bonds is 5. The first-order valence-electron chi connectivity index (χ1n) is 5.82. The van der Waals surface area contributed by atoms with Gasteiger partial charge in [-0.1, -0.05) is 29.8 Å². The molecule has 0 aliphatic heterocycles. The Morgan fingerprint density at radius 2 is 2.11 bits per heavy atom. The topological polar surface area (TPSA) is 78.4 Å². The predicted octanol–water partition coefficient (Wildman–Crippen LogP) is 1.31. The van der Waals surface area contributed by atoms with E-state index < -0.39 is 18.0 Å². The number of hydrogen-bond donors (Lipinski definition) is 3. The van der Waals surface area contributed by atoms with Crippen LogP contribution in [0.25, 0.3) is 0 Å². The monoisotopic (exact) mass is 250 g/mol. The first-order chi connectivity index (χ1) is 8.49. The Balaban J connectivity index is 2.29. The van der Waals surface area contributed by atoms with Crippen LogP contribution in [-0.4, -0.2) is 29.7 Å². The van der Waals surface area contributed by atoms with Gasteiger partial charge in [0.05, 0.1) is 0 Å². The fourth-order valence-corrected chi connectivity index (χ4v) is 1.50. The molecule has 1 aromatic carbocycles. The smallest absolute Gasteiger partial charge is 0.325 e. The third-order valence-electron chi connectivity index (χ3n) is 2.50. The van der Waals surface area contributed by atoms with Crippen LogP contribution in [0.5, 0.6) is 0 Å². The van der Waals surface area contributed by atoms with Crippen molar-refractivity contribution in [3.8, 4) is 0 Å². The van der Waals surface area contributed by atoms with Gasteiger partial charge in [0.2, 0.25) is 0 Å². The molecule has 5 heteroatoms. The quantitative estimate of drug-likeness (QED) is 0.737. The maximum absolute atomic E-state index is 11.3. The molecule has 0 unspecified atom stereocenters. The molecule has 2 amide bonds. The Morgan fingerprint density at radius 3 is 2.72 bits per heavy atom. The second-order valence-electron chi connectivity index (χ2n) is 4.20. The van der Waals surface area contributed by atoms with E-state index in [9.17, 15) is 9.59 Å². The number of urea groups is 1. The average molecular weight is 250 g/mol. The normalized spacial score (nSPS) is 11.7. The van der Waals surface area contributed by atoms with Crippen molar-refractivity contribution in [2.75, 3.05) is 6.54 Å². The van der Waals surface area contributed by atoms with E-state index in [4.69, 9.17) is 5.11 Å². The maximum atomic E-state index is 11.3. The van der Waals surface area contributed by atoms with Crippen molar-refractivity contribution in [3.05, 3.63) is 35.4 Å². The van der Waals surface area contributed by atoms with E-state index in [-0.39, 0.29) is 0 Å². The average Bonchev–Trinajstić information content (AvgIpc) is 2.28. The lowest BCUT2D eigenvalue weighted by Crippen LogP contribution is -2.44. The molecular formula is C13H18N2O3. The molecule has 0 aliphatic rings. The zero-order valence-corrected chi connectivity index (χ0v) is 10.6. The number of aliphatic carboxylic acids is 1. The Morgan fingerprint density at radius 1 is 1.39 bits per heavy atom. The molecule has 3 N–H and O–H groups in total. The molecule has 0 fully saturated rings. The SMILES string of the molecule is Cc1cccc(CCNC(=O)N[C@H](C)C(=O)O)c1. The third kappa shape index (κ3) is 4.86. The van der Waals surface area contributed by atoms with Crippen LogP contribution in [0.15, 0.2) is 24.3 Å². The van der Waals surface area contributed by atoms with E-state index in [0.29, 0.717) is 6.54 Å². The minimum atomic E-state index is -1.05. The fraction of sp³-hybridized carbons (Fsp3) is 0.385. The lowest BCUT2D eigenvalue weighted by Gasteiger charge is -2.10. The summed E-state index contributed by atoms with van der Waals surface area (Å²) in [5.41, 5.74) is 2.32. The molecule has 0 saturated carbocycles. The number of carboxylic acid groups (broad SMARTS) is 1. The van der Waals surface area contributed by atoms with Gasteiger partial charge in [0, 0.05) is 6.54 Å². The number of carboxylic acids is 1. The highest BCUT2D eigenvalue weighted by atomic mass is 16.4. The lowest BCUT2D eigenvalue weighted by molar-refractivity contribution is -0.138. The third-order valence-corrected chi connectivity index (χ3v) is 2.50. The first kappa shape index (κ1) is 14.0. The van der Waals surface area contributed by atoms with Gasteiger partial charge >= 0.3 is 12.0 Å². The molecule has 0 radical (unpaired) electrons. The maximum Gasteiger partial charge on any atom is 0.325 e. The summed E-state index contributed by atoms with van der Waals surface area (Å²) in [6.45, 7) is 3.91. The van der Waals surface area contributed by atoms with Crippen LogP contribution in [-0.2, 0) is 11.2 Å². The minimum absolute atomic E-state index is 0.461. The van der Waals surface area contributed by atoms with E-state index in [1.807, 2.05) is 25.1 Å². The van der Waals surface area contributed by atoms with E-state index in [2.05, 4.69) is 16.7 Å². The molecule has 1 atom stereocenters. The second-order valence-corrected chi connectivity index (χ2v) is 4.20. The van der Waals surface area contributed by atoms with Crippen molar-refractivity contribution in [3.63, 3.8) is 0 Å². The van der Waals surface area contributed by atoms with Crippen LogP contribution < -0.4 is 10.6 Å². The van der Waals surface area contributed by atoms with Gasteiger partial charge in [0.15, 0.2) is 0 Å². The van der Waals surface area contributed by atoms with Gasteiger partial charge in [0.1, 0.15) is 6.04 Å². The van der Waals surface area contributed by atoms with Crippen LogP contribution in [0.3, 0.4) is 0 Å². The fourth-order valence-electron chi connectivity index (χ4n) is 1.50. The van der Waals surface area contributed by atoms with Gasteiger partial charge in [-0.15, -0.1) is 0 Å². The van der Waals surface area contributed by atoms with Gasteiger partial charge in [-0.05, 0) is 25.8 Å². The molecule has 0 aromatic heterocycles. The van der Waals surface area contributed by atoms with Crippen molar-refractivity contribution in [2.24, 2.45) is 0 Å². The number of carbonyl (C=O) groups is 2. The molecular weight excluding hydrogens is 232 g/mol. The molecule has 0 spiro atoms. The van der Waals surface area contributed by atoms with Crippen molar-refractivity contribution in [2.45, 2.75) is 26.3 Å². The van der Waals surface area contributed by atoms with Gasteiger partial charge in [-0.25, -0.2) is 4.79 Å². The highest BCUT2D eigenvalue weighted by Gasteiger charge is 2.12. The molecule has 98 valence electrons. The summed E-state index contributed by atoms with van der Waals surface area (Å²) in [6, 6.07) is 6.68. The minimum Gasteiger partial charge on any atom is -0.480 e. The molecule has 1 aromatic rings. The van der Waals surface area contributed by atoms with E-state index in [0.717, 1.165) is 12.0 Å². The van der Waals surface area contributed by atoms with Gasteiger partial charge < -0.3 is 15.7 Å². The van der Waals surface area contributed by atoms with Crippen molar-refractivity contribution >= 4 is 12.0 Å². The molecule has 18 heavy (non-hydrogen) atoms. The van der Waals surface area contributed by atoms with Crippen molar-refractivity contribution in [1.29, 1.82) is 0 Å². The Bertz CT molecular complexity index is 432. The highest BCUT2D eigenvalue weighted by molar-refractivity contribution is 5.82. The number of nitrogens with one attached hydrogen (secondary N) is 2. The van der Waals surface area contributed by atoms with E-state index in [1.54, 1.807) is 0 Å². The Kier molecular flexibility index (Phi) is 5.17. The van der Waals surface area contributed by atoms with Gasteiger partial charge in [0.25, 0.3) is 0 Å². The summed E-state index contributed by atoms with van der Waals surface area (Å²) < 4.78 is 0. The van der Waals surface area contributed by atoms with Gasteiger partial charge in [-0.3, -0.25) is 4.79 Å². The van der Waals surface area contributed by atoms with E-state index in [1.165, 1.54) is 12.5 Å². The number of hydrogen-bond acceptors (Lipinski definition) is 2. The highest BCUT2D eigenvalue weighted by Crippen LogP contribution is 2.03. The van der Waals surface area contributed by atoms with Crippen LogP contribution in [0, 0.1) is 6.92 Å².